The first-order chi connectivity index (χ1) is 9.88. The maximum Gasteiger partial charge on any atom is 0.0400 e. The van der Waals surface area contributed by atoms with Crippen LogP contribution < -0.4 is 10.2 Å². The Kier molecular flexibility index (Phi) is 4.62. The summed E-state index contributed by atoms with van der Waals surface area (Å²) in [5.41, 5.74) is 3.02. The Hall–Kier alpha value is -1.02. The van der Waals surface area contributed by atoms with Crippen LogP contribution in [0.5, 0.6) is 0 Å². The molecule has 1 aromatic rings. The monoisotopic (exact) mass is 272 g/mol. The molecule has 0 bridgehead atoms. The van der Waals surface area contributed by atoms with Gasteiger partial charge in [-0.25, -0.2) is 0 Å². The molecule has 0 amide bonds. The van der Waals surface area contributed by atoms with Gasteiger partial charge in [0, 0.05) is 24.8 Å². The Morgan fingerprint density at radius 1 is 1.25 bits per heavy atom. The highest BCUT2D eigenvalue weighted by molar-refractivity contribution is 5.57. The summed E-state index contributed by atoms with van der Waals surface area (Å²) >= 11 is 0. The third-order valence-corrected chi connectivity index (χ3v) is 5.03. The zero-order valence-electron chi connectivity index (χ0n) is 12.8. The lowest BCUT2D eigenvalue weighted by Gasteiger charge is -2.31. The topological polar surface area (TPSA) is 15.3 Å². The van der Waals surface area contributed by atoms with Gasteiger partial charge in [0.25, 0.3) is 0 Å². The maximum absolute atomic E-state index is 3.83. The van der Waals surface area contributed by atoms with Crippen molar-refractivity contribution in [3.63, 3.8) is 0 Å². The Labute approximate surface area is 123 Å². The van der Waals surface area contributed by atoms with Crippen molar-refractivity contribution in [3.8, 4) is 0 Å². The third kappa shape index (κ3) is 3.01. The quantitative estimate of drug-likeness (QED) is 0.851. The fraction of sp³-hybridized carbons (Fsp3) is 0.667. The van der Waals surface area contributed by atoms with E-state index in [1.807, 2.05) is 0 Å². The number of benzene rings is 1. The van der Waals surface area contributed by atoms with Gasteiger partial charge < -0.3 is 10.2 Å². The van der Waals surface area contributed by atoms with Crippen LogP contribution in [0.3, 0.4) is 0 Å². The van der Waals surface area contributed by atoms with Crippen LogP contribution in [0.15, 0.2) is 24.3 Å². The van der Waals surface area contributed by atoms with Gasteiger partial charge >= 0.3 is 0 Å². The molecule has 2 nitrogen and oxygen atoms in total. The van der Waals surface area contributed by atoms with Gasteiger partial charge in [-0.15, -0.1) is 0 Å². The van der Waals surface area contributed by atoms with Gasteiger partial charge in [0.05, 0.1) is 0 Å². The molecular formula is C18H28N2. The summed E-state index contributed by atoms with van der Waals surface area (Å²) in [6.07, 6.45) is 8.19. The molecule has 2 heteroatoms. The van der Waals surface area contributed by atoms with E-state index in [2.05, 4.69) is 41.4 Å². The van der Waals surface area contributed by atoms with E-state index in [9.17, 15) is 0 Å². The Balaban J connectivity index is 1.67. The maximum atomic E-state index is 3.83. The summed E-state index contributed by atoms with van der Waals surface area (Å²) in [4.78, 5) is 2.61. The normalized spacial score (nSPS) is 20.4. The lowest BCUT2D eigenvalue weighted by Crippen LogP contribution is -2.45. The fourth-order valence-electron chi connectivity index (χ4n) is 3.90. The zero-order chi connectivity index (χ0) is 13.8. The molecule has 110 valence electrons. The van der Waals surface area contributed by atoms with E-state index in [4.69, 9.17) is 0 Å². The summed E-state index contributed by atoms with van der Waals surface area (Å²) < 4.78 is 0. The highest BCUT2D eigenvalue weighted by Crippen LogP contribution is 2.31. The van der Waals surface area contributed by atoms with Crippen molar-refractivity contribution in [2.75, 3.05) is 24.5 Å². The average molecular weight is 272 g/mol. The highest BCUT2D eigenvalue weighted by Gasteiger charge is 2.28. The van der Waals surface area contributed by atoms with E-state index in [-0.39, 0.29) is 0 Å². The molecule has 0 aromatic heterocycles. The van der Waals surface area contributed by atoms with Crippen LogP contribution in [0.2, 0.25) is 0 Å². The number of hydrogen-bond donors (Lipinski definition) is 1. The molecule has 1 fully saturated rings. The van der Waals surface area contributed by atoms with Gasteiger partial charge in [-0.05, 0) is 49.8 Å². The summed E-state index contributed by atoms with van der Waals surface area (Å²) in [6.45, 7) is 5.83. The van der Waals surface area contributed by atoms with Crippen molar-refractivity contribution < 1.29 is 0 Å². The van der Waals surface area contributed by atoms with Crippen LogP contribution in [0.1, 0.15) is 44.6 Å². The predicted octanol–water partition coefficient (Wildman–Crippen LogP) is 3.61. The molecule has 1 aliphatic carbocycles. The molecule has 1 unspecified atom stereocenters. The predicted molar refractivity (Wildman–Crippen MR) is 86.4 cm³/mol. The van der Waals surface area contributed by atoms with E-state index in [0.29, 0.717) is 6.04 Å². The fourth-order valence-corrected chi connectivity index (χ4v) is 3.90. The van der Waals surface area contributed by atoms with Crippen LogP contribution in [-0.4, -0.2) is 25.7 Å². The lowest BCUT2D eigenvalue weighted by molar-refractivity contribution is 0.359. The molecule has 1 heterocycles. The Morgan fingerprint density at radius 3 is 2.85 bits per heavy atom. The van der Waals surface area contributed by atoms with Gasteiger partial charge in [-0.2, -0.15) is 0 Å². The molecule has 0 saturated heterocycles. The van der Waals surface area contributed by atoms with E-state index >= 15 is 0 Å². The summed E-state index contributed by atoms with van der Waals surface area (Å²) in [6, 6.07) is 9.63. The summed E-state index contributed by atoms with van der Waals surface area (Å²) in [5.74, 6) is 0.898. The lowest BCUT2D eigenvalue weighted by atomic mass is 9.97. The van der Waals surface area contributed by atoms with Crippen LogP contribution in [0.4, 0.5) is 5.69 Å². The number of anilines is 1. The minimum atomic E-state index is 0.684. The number of fused-ring (bicyclic) bond motifs is 1. The molecule has 2 aliphatic rings. The van der Waals surface area contributed by atoms with Crippen LogP contribution in [-0.2, 0) is 6.42 Å². The first-order valence-electron chi connectivity index (χ1n) is 8.44. The smallest absolute Gasteiger partial charge is 0.0400 e. The van der Waals surface area contributed by atoms with Crippen LogP contribution in [0.25, 0.3) is 0 Å². The molecule has 1 N–H and O–H groups in total. The van der Waals surface area contributed by atoms with Gasteiger partial charge in [-0.1, -0.05) is 38.0 Å². The van der Waals surface area contributed by atoms with Gasteiger partial charge in [0.15, 0.2) is 0 Å². The molecule has 0 spiro atoms. The Bertz CT molecular complexity index is 423. The molecule has 1 atom stereocenters. The largest absolute Gasteiger partial charge is 0.369 e. The van der Waals surface area contributed by atoms with E-state index in [1.165, 1.54) is 62.9 Å². The van der Waals surface area contributed by atoms with E-state index in [1.54, 1.807) is 0 Å². The molecule has 3 rings (SSSR count). The van der Waals surface area contributed by atoms with E-state index < -0.39 is 0 Å². The standard InChI is InChI=1S/C18H28N2/c1-2-12-19-17(15-7-3-4-8-15)14-20-13-11-16-9-5-6-10-18(16)20/h5-6,9-10,15,17,19H,2-4,7-8,11-14H2,1H3. The number of hydrogen-bond acceptors (Lipinski definition) is 2. The minimum Gasteiger partial charge on any atom is -0.369 e. The number of nitrogens with one attached hydrogen (secondary N) is 1. The molecule has 20 heavy (non-hydrogen) atoms. The first kappa shape index (κ1) is 13.9. The molecule has 0 radical (unpaired) electrons. The highest BCUT2D eigenvalue weighted by atomic mass is 15.2. The third-order valence-electron chi connectivity index (χ3n) is 5.03. The van der Waals surface area contributed by atoms with Gasteiger partial charge in [-0.3, -0.25) is 0 Å². The van der Waals surface area contributed by atoms with Crippen LogP contribution >= 0.6 is 0 Å². The van der Waals surface area contributed by atoms with Crippen molar-refractivity contribution in [1.82, 2.24) is 5.32 Å². The number of nitrogens with zero attached hydrogens (tertiary/aromatic N) is 1. The second kappa shape index (κ2) is 6.62. The van der Waals surface area contributed by atoms with Crippen molar-refractivity contribution in [2.45, 2.75) is 51.5 Å². The van der Waals surface area contributed by atoms with Crippen LogP contribution in [0, 0.1) is 5.92 Å². The molecule has 1 aromatic carbocycles. The second-order valence-corrected chi connectivity index (χ2v) is 6.43. The SMILES string of the molecule is CCCNC(CN1CCc2ccccc21)C1CCCC1. The van der Waals surface area contributed by atoms with Crippen molar-refractivity contribution >= 4 is 5.69 Å². The molecule has 1 saturated carbocycles. The summed E-state index contributed by atoms with van der Waals surface area (Å²) in [7, 11) is 0. The second-order valence-electron chi connectivity index (χ2n) is 6.43. The van der Waals surface area contributed by atoms with Crippen molar-refractivity contribution in [2.24, 2.45) is 5.92 Å². The Morgan fingerprint density at radius 2 is 2.05 bits per heavy atom. The minimum absolute atomic E-state index is 0.684. The summed E-state index contributed by atoms with van der Waals surface area (Å²) in [5, 5.41) is 3.83. The average Bonchev–Trinajstić information content (AvgIpc) is 3.13. The zero-order valence-corrected chi connectivity index (χ0v) is 12.8. The van der Waals surface area contributed by atoms with Gasteiger partial charge in [0.2, 0.25) is 0 Å². The number of rotatable bonds is 6. The van der Waals surface area contributed by atoms with Crippen molar-refractivity contribution in [1.29, 1.82) is 0 Å². The van der Waals surface area contributed by atoms with Gasteiger partial charge in [0.1, 0.15) is 0 Å². The van der Waals surface area contributed by atoms with E-state index in [0.717, 1.165) is 12.5 Å². The molecular weight excluding hydrogens is 244 g/mol. The number of para-hydroxylation sites is 1. The first-order valence-corrected chi connectivity index (χ1v) is 8.44. The van der Waals surface area contributed by atoms with Crippen molar-refractivity contribution in [3.05, 3.63) is 29.8 Å². The molecule has 1 aliphatic heterocycles.